The van der Waals surface area contributed by atoms with Gasteiger partial charge in [0.2, 0.25) is 0 Å². The highest BCUT2D eigenvalue weighted by atomic mass is 79.9. The lowest BCUT2D eigenvalue weighted by atomic mass is 9.91. The number of carbonyl (C=O) groups is 1. The van der Waals surface area contributed by atoms with Gasteiger partial charge in [-0.2, -0.15) is 5.10 Å². The molecule has 2 aromatic rings. The molecule has 2 unspecified atom stereocenters. The van der Waals surface area contributed by atoms with Crippen LogP contribution in [-0.4, -0.2) is 29.7 Å². The number of rotatable bonds is 4. The van der Waals surface area contributed by atoms with Gasteiger partial charge in [0.15, 0.2) is 0 Å². The van der Waals surface area contributed by atoms with Crippen LogP contribution in [0.2, 0.25) is 10.0 Å². The second-order valence-corrected chi connectivity index (χ2v) is 10.8. The van der Waals surface area contributed by atoms with E-state index >= 15 is 0 Å². The summed E-state index contributed by atoms with van der Waals surface area (Å²) < 4.78 is 1.00. The van der Waals surface area contributed by atoms with Gasteiger partial charge in [-0.15, -0.1) is 12.4 Å². The van der Waals surface area contributed by atoms with E-state index in [4.69, 9.17) is 28.3 Å². The third-order valence-corrected chi connectivity index (χ3v) is 8.04. The van der Waals surface area contributed by atoms with Crippen molar-refractivity contribution in [3.8, 4) is 0 Å². The van der Waals surface area contributed by atoms with Gasteiger partial charge in [0.1, 0.15) is 5.71 Å². The first kappa shape index (κ1) is 24.8. The predicted molar refractivity (Wildman–Crippen MR) is 140 cm³/mol. The lowest BCUT2D eigenvalue weighted by Gasteiger charge is -2.27. The van der Waals surface area contributed by atoms with Gasteiger partial charge in [0.25, 0.3) is 5.91 Å². The van der Waals surface area contributed by atoms with Crippen molar-refractivity contribution < 1.29 is 4.79 Å². The van der Waals surface area contributed by atoms with Crippen molar-refractivity contribution >= 4 is 68.8 Å². The van der Waals surface area contributed by atoms with E-state index in [1.807, 2.05) is 30.1 Å². The smallest absolute Gasteiger partial charge is 0.282 e. The van der Waals surface area contributed by atoms with Crippen LogP contribution in [0, 0.1) is 17.8 Å². The molecule has 0 bridgehead atoms. The van der Waals surface area contributed by atoms with Gasteiger partial charge >= 0.3 is 0 Å². The summed E-state index contributed by atoms with van der Waals surface area (Å²) in [5.41, 5.74) is 5.44. The fraction of sp³-hybridized carbons (Fsp3) is 0.417. The summed E-state index contributed by atoms with van der Waals surface area (Å²) in [6, 6.07) is 13.3. The molecule has 1 saturated heterocycles. The fourth-order valence-electron chi connectivity index (χ4n) is 5.37. The molecule has 1 saturated carbocycles. The molecule has 2 fully saturated rings. The van der Waals surface area contributed by atoms with E-state index in [0.29, 0.717) is 27.6 Å². The maximum absolute atomic E-state index is 13.3. The van der Waals surface area contributed by atoms with Crippen molar-refractivity contribution in [3.63, 3.8) is 0 Å². The van der Waals surface area contributed by atoms with Crippen LogP contribution >= 0.6 is 51.5 Å². The number of nitrogens with one attached hydrogen (secondary N) is 1. The van der Waals surface area contributed by atoms with Crippen molar-refractivity contribution in [3.05, 3.63) is 62.5 Å². The zero-order valence-electron chi connectivity index (χ0n) is 18.2. The average molecular weight is 573 g/mol. The molecule has 1 N–H and O–H groups in total. The molecule has 1 aliphatic carbocycles. The summed E-state index contributed by atoms with van der Waals surface area (Å²) in [4.78, 5) is 13.3. The molecule has 3 aliphatic rings. The highest BCUT2D eigenvalue weighted by Crippen LogP contribution is 2.43. The molecular weight excluding hydrogens is 547 g/mol. The zero-order valence-corrected chi connectivity index (χ0v) is 22.1. The quantitative estimate of drug-likeness (QED) is 0.455. The van der Waals surface area contributed by atoms with Crippen molar-refractivity contribution in [2.24, 2.45) is 22.9 Å². The van der Waals surface area contributed by atoms with Crippen molar-refractivity contribution in [2.45, 2.75) is 32.2 Å². The minimum Gasteiger partial charge on any atom is -0.284 e. The number of carbonyl (C=O) groups excluding carboxylic acids is 1. The third kappa shape index (κ3) is 4.92. The molecule has 0 aromatic heterocycles. The molecule has 1 amide bonds. The Bertz CT molecular complexity index is 1050. The molecule has 2 aromatic carbocycles. The number of benzene rings is 2. The highest BCUT2D eigenvalue weighted by Gasteiger charge is 2.42. The number of hydrogen-bond acceptors (Lipinski definition) is 4. The lowest BCUT2D eigenvalue weighted by molar-refractivity contribution is -0.119. The molecule has 2 heterocycles. The summed E-state index contributed by atoms with van der Waals surface area (Å²) >= 11 is 16.2. The van der Waals surface area contributed by atoms with Gasteiger partial charge in [-0.3, -0.25) is 15.2 Å². The Labute approximate surface area is 219 Å². The number of hydrazone groups is 1. The normalized spacial score (nSPS) is 26.7. The van der Waals surface area contributed by atoms with Gasteiger partial charge in [-0.25, -0.2) is 5.01 Å². The maximum Gasteiger partial charge on any atom is 0.282 e. The van der Waals surface area contributed by atoms with Gasteiger partial charge in [-0.05, 0) is 60.6 Å². The molecule has 5 rings (SSSR count). The fourth-order valence-corrected chi connectivity index (χ4v) is 6.13. The molecular formula is C24H26BrCl3N4O. The van der Waals surface area contributed by atoms with Crippen molar-refractivity contribution in [1.82, 2.24) is 10.4 Å². The first-order valence-corrected chi connectivity index (χ1v) is 12.6. The van der Waals surface area contributed by atoms with Crippen molar-refractivity contribution in [2.75, 3.05) is 18.1 Å². The Morgan fingerprint density at radius 1 is 1.09 bits per heavy atom. The largest absolute Gasteiger partial charge is 0.284 e. The topological polar surface area (TPSA) is 47.9 Å². The van der Waals surface area contributed by atoms with Gasteiger partial charge in [0, 0.05) is 28.5 Å². The van der Waals surface area contributed by atoms with E-state index in [0.717, 1.165) is 28.8 Å². The van der Waals surface area contributed by atoms with Crippen LogP contribution in [0.25, 0.3) is 0 Å². The van der Waals surface area contributed by atoms with E-state index in [-0.39, 0.29) is 30.3 Å². The Kier molecular flexibility index (Phi) is 7.61. The molecule has 0 spiro atoms. The summed E-state index contributed by atoms with van der Waals surface area (Å²) in [6.45, 7) is 3.91. The van der Waals surface area contributed by atoms with Crippen LogP contribution < -0.4 is 10.4 Å². The number of amides is 1. The summed E-state index contributed by atoms with van der Waals surface area (Å²) in [7, 11) is 0. The summed E-state index contributed by atoms with van der Waals surface area (Å²) in [6.07, 6.45) is 3.85. The van der Waals surface area contributed by atoms with Crippen LogP contribution in [-0.2, 0) is 4.79 Å². The Morgan fingerprint density at radius 2 is 1.76 bits per heavy atom. The van der Waals surface area contributed by atoms with Gasteiger partial charge < -0.3 is 0 Å². The molecule has 2 aliphatic heterocycles. The summed E-state index contributed by atoms with van der Waals surface area (Å²) in [5, 5.41) is 9.81. The minimum absolute atomic E-state index is 0. The van der Waals surface area contributed by atoms with Crippen LogP contribution in [0.4, 0.5) is 5.69 Å². The standard InChI is InChI=1S/C24H25BrCl2N4O.ClH/c1-14-22(24(32)29-30-12-16-3-2-4-17(16)13-30)28-31(21-10-9-19(26)11-20(21)27)23(14)15-5-7-18(25)8-6-15;/h5-11,14,16-17,23H,2-4,12-13H2,1H3,(H,29,32);1H/t14-,16?,17?,23-;/m1./s1. The number of nitrogens with zero attached hydrogens (tertiary/aromatic N) is 3. The first-order chi connectivity index (χ1) is 15.4. The van der Waals surface area contributed by atoms with Crippen molar-refractivity contribution in [1.29, 1.82) is 0 Å². The predicted octanol–water partition coefficient (Wildman–Crippen LogP) is 6.49. The number of hydrogen-bond donors (Lipinski definition) is 1. The second kappa shape index (κ2) is 10.1. The SMILES string of the molecule is C[C@@H]1C(C(=O)NN2CC3CCCC3C2)=NN(c2ccc(Cl)cc2Cl)[C@H]1c1ccc(Br)cc1.Cl. The first-order valence-electron chi connectivity index (χ1n) is 11.0. The number of anilines is 1. The monoisotopic (exact) mass is 570 g/mol. The molecule has 5 nitrogen and oxygen atoms in total. The van der Waals surface area contributed by atoms with Crippen LogP contribution in [0.1, 0.15) is 37.8 Å². The zero-order chi connectivity index (χ0) is 22.4. The van der Waals surface area contributed by atoms with Crippen LogP contribution in [0.3, 0.4) is 0 Å². The highest BCUT2D eigenvalue weighted by molar-refractivity contribution is 9.10. The van der Waals surface area contributed by atoms with Gasteiger partial charge in [-0.1, -0.05) is 64.6 Å². The molecule has 0 radical (unpaired) electrons. The van der Waals surface area contributed by atoms with E-state index in [1.54, 1.807) is 12.1 Å². The molecule has 33 heavy (non-hydrogen) atoms. The van der Waals surface area contributed by atoms with E-state index in [2.05, 4.69) is 38.5 Å². The van der Waals surface area contributed by atoms with E-state index in [9.17, 15) is 4.79 Å². The Morgan fingerprint density at radius 3 is 2.39 bits per heavy atom. The van der Waals surface area contributed by atoms with E-state index in [1.165, 1.54) is 19.3 Å². The van der Waals surface area contributed by atoms with Gasteiger partial charge in [0.05, 0.1) is 16.8 Å². The number of hydrazine groups is 1. The number of fused-ring (bicyclic) bond motifs is 1. The van der Waals surface area contributed by atoms with Crippen LogP contribution in [0.5, 0.6) is 0 Å². The molecule has 176 valence electrons. The lowest BCUT2D eigenvalue weighted by Crippen LogP contribution is -2.45. The number of halogens is 4. The average Bonchev–Trinajstić information content (AvgIpc) is 3.42. The Hall–Kier alpha value is -1.31. The third-order valence-electron chi connectivity index (χ3n) is 6.97. The molecule has 9 heteroatoms. The molecule has 4 atom stereocenters. The van der Waals surface area contributed by atoms with E-state index < -0.39 is 0 Å². The maximum atomic E-state index is 13.3. The van der Waals surface area contributed by atoms with Crippen LogP contribution in [0.15, 0.2) is 52.0 Å². The summed E-state index contributed by atoms with van der Waals surface area (Å²) in [5.74, 6) is 1.16. The second-order valence-electron chi connectivity index (χ2n) is 9.01. The minimum atomic E-state index is -0.152. The Balaban J connectivity index is 0.00000259.